The molecule has 0 radical (unpaired) electrons. The van der Waals surface area contributed by atoms with E-state index in [0.717, 1.165) is 45.2 Å². The van der Waals surface area contributed by atoms with Crippen LogP contribution in [0.1, 0.15) is 59.8 Å². The van der Waals surface area contributed by atoms with Crippen LogP contribution in [0.15, 0.2) is 0 Å². The summed E-state index contributed by atoms with van der Waals surface area (Å²) >= 11 is 0. The zero-order valence-electron chi connectivity index (χ0n) is 11.5. The quantitative estimate of drug-likeness (QED) is 0.798. The Morgan fingerprint density at radius 2 is 1.81 bits per heavy atom. The second kappa shape index (κ2) is 6.02. The Balaban J connectivity index is 2.44. The number of hydrogen-bond acceptors (Lipinski definition) is 2. The smallest absolute Gasteiger partial charge is 0.0660 e. The summed E-state index contributed by atoms with van der Waals surface area (Å²) in [5.41, 5.74) is -0.381. The molecule has 1 unspecified atom stereocenters. The Morgan fingerprint density at radius 3 is 2.38 bits per heavy atom. The zero-order valence-corrected chi connectivity index (χ0v) is 11.5. The highest BCUT2D eigenvalue weighted by Gasteiger charge is 2.30. The van der Waals surface area contributed by atoms with Gasteiger partial charge in [-0.25, -0.2) is 0 Å². The molecule has 1 saturated heterocycles. The monoisotopic (exact) mass is 227 g/mol. The van der Waals surface area contributed by atoms with Crippen molar-refractivity contribution in [3.63, 3.8) is 0 Å². The van der Waals surface area contributed by atoms with Crippen LogP contribution < -0.4 is 0 Å². The van der Waals surface area contributed by atoms with Gasteiger partial charge < -0.3 is 10.0 Å². The Kier molecular flexibility index (Phi) is 5.26. The predicted octanol–water partition coefficient (Wildman–Crippen LogP) is 3.05. The Bertz CT molecular complexity index is 203. The summed E-state index contributed by atoms with van der Waals surface area (Å²) in [7, 11) is 0. The maximum atomic E-state index is 10.6. The van der Waals surface area contributed by atoms with Crippen molar-refractivity contribution in [2.24, 2.45) is 5.92 Å². The highest BCUT2D eigenvalue weighted by atomic mass is 16.3. The summed E-state index contributed by atoms with van der Waals surface area (Å²) in [5.74, 6) is 0.702. The van der Waals surface area contributed by atoms with Crippen LogP contribution in [-0.2, 0) is 0 Å². The SMILES string of the molecule is CC(C)CCC1(O)CCCN(C(C)C)CC1. The molecule has 0 bridgehead atoms. The van der Waals surface area contributed by atoms with Gasteiger partial charge in [0.2, 0.25) is 0 Å². The third-order valence-electron chi connectivity index (χ3n) is 3.87. The van der Waals surface area contributed by atoms with E-state index in [0.29, 0.717) is 12.0 Å². The molecule has 0 aromatic carbocycles. The molecule has 0 aliphatic carbocycles. The van der Waals surface area contributed by atoms with Crippen molar-refractivity contribution >= 4 is 0 Å². The van der Waals surface area contributed by atoms with Crippen LogP contribution in [0.2, 0.25) is 0 Å². The molecular formula is C14H29NO. The number of nitrogens with zero attached hydrogens (tertiary/aromatic N) is 1. The van der Waals surface area contributed by atoms with Crippen molar-refractivity contribution in [1.29, 1.82) is 0 Å². The Morgan fingerprint density at radius 1 is 1.12 bits per heavy atom. The molecule has 1 fully saturated rings. The van der Waals surface area contributed by atoms with Gasteiger partial charge in [-0.15, -0.1) is 0 Å². The van der Waals surface area contributed by atoms with E-state index in [9.17, 15) is 5.11 Å². The summed E-state index contributed by atoms with van der Waals surface area (Å²) in [6, 6.07) is 0.618. The Labute approximate surface area is 101 Å². The number of rotatable bonds is 4. The van der Waals surface area contributed by atoms with Crippen molar-refractivity contribution in [3.8, 4) is 0 Å². The molecule has 0 saturated carbocycles. The van der Waals surface area contributed by atoms with Crippen molar-refractivity contribution in [2.75, 3.05) is 13.1 Å². The maximum Gasteiger partial charge on any atom is 0.0660 e. The standard InChI is InChI=1S/C14H29NO/c1-12(2)6-8-14(16)7-5-10-15(11-9-14)13(3)4/h12-13,16H,5-11H2,1-4H3. The lowest BCUT2D eigenvalue weighted by atomic mass is 9.87. The first-order valence-corrected chi connectivity index (χ1v) is 6.89. The first-order valence-electron chi connectivity index (χ1n) is 6.89. The highest BCUT2D eigenvalue weighted by molar-refractivity contribution is 4.84. The van der Waals surface area contributed by atoms with E-state index >= 15 is 0 Å². The van der Waals surface area contributed by atoms with Gasteiger partial charge >= 0.3 is 0 Å². The lowest BCUT2D eigenvalue weighted by Gasteiger charge is -2.28. The van der Waals surface area contributed by atoms with E-state index < -0.39 is 0 Å². The molecule has 16 heavy (non-hydrogen) atoms. The van der Waals surface area contributed by atoms with Gasteiger partial charge in [-0.3, -0.25) is 0 Å². The first-order chi connectivity index (χ1) is 7.43. The minimum atomic E-state index is -0.381. The molecule has 96 valence electrons. The lowest BCUT2D eigenvalue weighted by Crippen LogP contribution is -2.34. The fourth-order valence-corrected chi connectivity index (χ4v) is 2.52. The van der Waals surface area contributed by atoms with E-state index in [4.69, 9.17) is 0 Å². The lowest BCUT2D eigenvalue weighted by molar-refractivity contribution is 0.0115. The van der Waals surface area contributed by atoms with Gasteiger partial charge in [0.15, 0.2) is 0 Å². The van der Waals surface area contributed by atoms with E-state index in [-0.39, 0.29) is 5.60 Å². The fraction of sp³-hybridized carbons (Fsp3) is 1.00. The van der Waals surface area contributed by atoms with E-state index in [1.165, 1.54) is 0 Å². The largest absolute Gasteiger partial charge is 0.390 e. The summed E-state index contributed by atoms with van der Waals surface area (Å²) in [6.45, 7) is 11.2. The topological polar surface area (TPSA) is 23.5 Å². The number of likely N-dealkylation sites (tertiary alicyclic amines) is 1. The zero-order chi connectivity index (χ0) is 12.2. The average Bonchev–Trinajstić information content (AvgIpc) is 2.38. The van der Waals surface area contributed by atoms with E-state index in [2.05, 4.69) is 32.6 Å². The van der Waals surface area contributed by atoms with Gasteiger partial charge in [0, 0.05) is 12.6 Å². The molecule has 0 aromatic rings. The van der Waals surface area contributed by atoms with E-state index in [1.54, 1.807) is 0 Å². The van der Waals surface area contributed by atoms with Crippen molar-refractivity contribution < 1.29 is 5.11 Å². The highest BCUT2D eigenvalue weighted by Crippen LogP contribution is 2.29. The minimum Gasteiger partial charge on any atom is -0.390 e. The maximum absolute atomic E-state index is 10.6. The van der Waals surface area contributed by atoms with Crippen LogP contribution in [0.3, 0.4) is 0 Å². The molecular weight excluding hydrogens is 198 g/mol. The van der Waals surface area contributed by atoms with Gasteiger partial charge in [0.1, 0.15) is 0 Å². The number of hydrogen-bond donors (Lipinski definition) is 1. The third kappa shape index (κ3) is 4.42. The molecule has 1 aliphatic rings. The van der Waals surface area contributed by atoms with Crippen LogP contribution in [0.5, 0.6) is 0 Å². The van der Waals surface area contributed by atoms with Crippen molar-refractivity contribution in [2.45, 2.75) is 71.4 Å². The van der Waals surface area contributed by atoms with Crippen LogP contribution in [0.25, 0.3) is 0 Å². The van der Waals surface area contributed by atoms with Crippen LogP contribution in [-0.4, -0.2) is 34.7 Å². The van der Waals surface area contributed by atoms with Crippen LogP contribution >= 0.6 is 0 Å². The average molecular weight is 227 g/mol. The minimum absolute atomic E-state index is 0.381. The fourth-order valence-electron chi connectivity index (χ4n) is 2.52. The molecule has 0 spiro atoms. The second-order valence-corrected chi connectivity index (χ2v) is 6.14. The van der Waals surface area contributed by atoms with Gasteiger partial charge in [-0.05, 0) is 58.4 Å². The van der Waals surface area contributed by atoms with Crippen LogP contribution in [0.4, 0.5) is 0 Å². The summed E-state index contributed by atoms with van der Waals surface area (Å²) in [6.07, 6.45) is 5.22. The van der Waals surface area contributed by atoms with E-state index in [1.807, 2.05) is 0 Å². The molecule has 0 amide bonds. The number of aliphatic hydroxyl groups is 1. The molecule has 1 aliphatic heterocycles. The molecule has 1 N–H and O–H groups in total. The molecule has 2 nitrogen and oxygen atoms in total. The first kappa shape index (κ1) is 14.0. The van der Waals surface area contributed by atoms with Gasteiger partial charge in [0.25, 0.3) is 0 Å². The molecule has 1 atom stereocenters. The molecule has 0 aromatic heterocycles. The summed E-state index contributed by atoms with van der Waals surface area (Å²) < 4.78 is 0. The van der Waals surface area contributed by atoms with Crippen molar-refractivity contribution in [1.82, 2.24) is 4.90 Å². The van der Waals surface area contributed by atoms with Crippen molar-refractivity contribution in [3.05, 3.63) is 0 Å². The van der Waals surface area contributed by atoms with Gasteiger partial charge in [0.05, 0.1) is 5.60 Å². The Hall–Kier alpha value is -0.0800. The molecule has 1 rings (SSSR count). The summed E-state index contributed by atoms with van der Waals surface area (Å²) in [4.78, 5) is 2.49. The molecule has 1 heterocycles. The normalized spacial score (nSPS) is 28.7. The van der Waals surface area contributed by atoms with Crippen LogP contribution in [0, 0.1) is 5.92 Å². The van der Waals surface area contributed by atoms with Gasteiger partial charge in [-0.2, -0.15) is 0 Å². The summed E-state index contributed by atoms with van der Waals surface area (Å²) in [5, 5.41) is 10.6. The second-order valence-electron chi connectivity index (χ2n) is 6.14. The predicted molar refractivity (Wildman–Crippen MR) is 69.6 cm³/mol. The third-order valence-corrected chi connectivity index (χ3v) is 3.87. The van der Waals surface area contributed by atoms with Gasteiger partial charge in [-0.1, -0.05) is 13.8 Å². The molecule has 2 heteroatoms.